The van der Waals surface area contributed by atoms with E-state index >= 15 is 0 Å². The van der Waals surface area contributed by atoms with E-state index in [2.05, 4.69) is 5.32 Å². The Hall–Kier alpha value is -2.97. The van der Waals surface area contributed by atoms with Gasteiger partial charge < -0.3 is 10.4 Å². The molecule has 0 fully saturated rings. The number of nitrogens with one attached hydrogen (secondary N) is 1. The second-order valence-corrected chi connectivity index (χ2v) is 8.78. The van der Waals surface area contributed by atoms with Crippen molar-refractivity contribution >= 4 is 45.8 Å². The number of amides is 1. The molecule has 8 heteroatoms. The van der Waals surface area contributed by atoms with Gasteiger partial charge in [-0.15, -0.1) is 23.1 Å². The molecule has 0 aliphatic heterocycles. The Morgan fingerprint density at radius 1 is 1.03 bits per heavy atom. The SMILES string of the molecule is CCc1cc(C(=O)c2cccc(-c3ccc(F)cc3)c2)c(NC(=O)CSCC(=O)O)s1. The summed E-state index contributed by atoms with van der Waals surface area (Å²) < 4.78 is 13.2. The Balaban J connectivity index is 1.83. The number of carbonyl (C=O) groups excluding carboxylic acids is 2. The molecule has 0 aliphatic carbocycles. The number of aryl methyl sites for hydroxylation is 1. The van der Waals surface area contributed by atoms with Crippen molar-refractivity contribution in [2.75, 3.05) is 16.8 Å². The fourth-order valence-electron chi connectivity index (χ4n) is 2.91. The number of carboxylic acids is 1. The second-order valence-electron chi connectivity index (χ2n) is 6.66. The predicted octanol–water partition coefficient (Wildman–Crippen LogP) is 5.10. The van der Waals surface area contributed by atoms with Crippen molar-refractivity contribution in [3.8, 4) is 11.1 Å². The lowest BCUT2D eigenvalue weighted by molar-refractivity contribution is -0.133. The highest BCUT2D eigenvalue weighted by Gasteiger charge is 2.19. The summed E-state index contributed by atoms with van der Waals surface area (Å²) in [4.78, 5) is 37.0. The van der Waals surface area contributed by atoms with Crippen molar-refractivity contribution in [1.82, 2.24) is 0 Å². The molecule has 0 spiro atoms. The van der Waals surface area contributed by atoms with Crippen molar-refractivity contribution in [2.45, 2.75) is 13.3 Å². The second kappa shape index (κ2) is 10.4. The van der Waals surface area contributed by atoms with E-state index in [1.807, 2.05) is 13.0 Å². The number of carbonyl (C=O) groups is 3. The topological polar surface area (TPSA) is 83.5 Å². The van der Waals surface area contributed by atoms with Gasteiger partial charge in [0.25, 0.3) is 0 Å². The first-order chi connectivity index (χ1) is 14.9. The summed E-state index contributed by atoms with van der Waals surface area (Å²) in [5.74, 6) is -2.08. The highest BCUT2D eigenvalue weighted by molar-refractivity contribution is 8.00. The summed E-state index contributed by atoms with van der Waals surface area (Å²) in [6, 6.07) is 14.9. The summed E-state index contributed by atoms with van der Waals surface area (Å²) in [6.45, 7) is 1.96. The quantitative estimate of drug-likeness (QED) is 0.437. The normalized spacial score (nSPS) is 10.6. The molecule has 0 saturated carbocycles. The molecule has 0 bridgehead atoms. The summed E-state index contributed by atoms with van der Waals surface area (Å²) in [7, 11) is 0. The van der Waals surface area contributed by atoms with E-state index < -0.39 is 5.97 Å². The molecule has 1 amide bonds. The van der Waals surface area contributed by atoms with Crippen LogP contribution in [0.1, 0.15) is 27.7 Å². The third-order valence-corrected chi connectivity index (χ3v) is 6.50. The molecule has 3 rings (SSSR count). The average molecular weight is 458 g/mol. The Kier molecular flexibility index (Phi) is 7.59. The van der Waals surface area contributed by atoms with Crippen molar-refractivity contribution in [1.29, 1.82) is 0 Å². The third-order valence-electron chi connectivity index (χ3n) is 4.39. The van der Waals surface area contributed by atoms with Crippen LogP contribution in [0.5, 0.6) is 0 Å². The summed E-state index contributed by atoms with van der Waals surface area (Å²) in [5, 5.41) is 11.9. The number of ketones is 1. The number of halogens is 1. The lowest BCUT2D eigenvalue weighted by Crippen LogP contribution is -2.16. The third kappa shape index (κ3) is 6.02. The molecule has 2 aromatic carbocycles. The Bertz CT molecular complexity index is 1110. The molecule has 0 saturated heterocycles. The van der Waals surface area contributed by atoms with Crippen LogP contribution < -0.4 is 5.32 Å². The van der Waals surface area contributed by atoms with E-state index in [0.717, 1.165) is 27.8 Å². The van der Waals surface area contributed by atoms with E-state index in [1.54, 1.807) is 36.4 Å². The van der Waals surface area contributed by atoms with Crippen LogP contribution in [0.2, 0.25) is 0 Å². The molecule has 31 heavy (non-hydrogen) atoms. The standard InChI is InChI=1S/C23H20FNO4S2/c1-2-18-11-19(23(31-18)25-20(26)12-30-13-21(27)28)22(29)16-5-3-4-15(10-16)14-6-8-17(24)9-7-14/h3-11H,2,12-13H2,1H3,(H,25,26)(H,27,28). The number of aliphatic carboxylic acids is 1. The summed E-state index contributed by atoms with van der Waals surface area (Å²) in [6.07, 6.45) is 0.713. The molecule has 1 heterocycles. The molecule has 0 atom stereocenters. The smallest absolute Gasteiger partial charge is 0.313 e. The van der Waals surface area contributed by atoms with Gasteiger partial charge in [0.2, 0.25) is 5.91 Å². The van der Waals surface area contributed by atoms with Crippen molar-refractivity contribution in [2.24, 2.45) is 0 Å². The number of benzene rings is 2. The van der Waals surface area contributed by atoms with Gasteiger partial charge in [-0.05, 0) is 41.8 Å². The number of anilines is 1. The van der Waals surface area contributed by atoms with Gasteiger partial charge >= 0.3 is 5.97 Å². The van der Waals surface area contributed by atoms with Gasteiger partial charge in [-0.25, -0.2) is 4.39 Å². The van der Waals surface area contributed by atoms with E-state index in [0.29, 0.717) is 22.5 Å². The van der Waals surface area contributed by atoms with Crippen LogP contribution in [0, 0.1) is 5.82 Å². The summed E-state index contributed by atoms with van der Waals surface area (Å²) >= 11 is 2.33. The molecular weight excluding hydrogens is 437 g/mol. The number of hydrogen-bond donors (Lipinski definition) is 2. The largest absolute Gasteiger partial charge is 0.481 e. The molecule has 0 unspecified atom stereocenters. The Morgan fingerprint density at radius 3 is 2.45 bits per heavy atom. The zero-order valence-corrected chi connectivity index (χ0v) is 18.3. The van der Waals surface area contributed by atoms with Gasteiger partial charge in [-0.3, -0.25) is 14.4 Å². The maximum atomic E-state index is 13.2. The van der Waals surface area contributed by atoms with E-state index in [-0.39, 0.29) is 29.0 Å². The first-order valence-corrected chi connectivity index (χ1v) is 11.5. The van der Waals surface area contributed by atoms with Crippen LogP contribution in [0.25, 0.3) is 11.1 Å². The fraction of sp³-hybridized carbons (Fsp3) is 0.174. The van der Waals surface area contributed by atoms with Gasteiger partial charge in [0, 0.05) is 10.4 Å². The minimum absolute atomic E-state index is 0.0145. The predicted molar refractivity (Wildman–Crippen MR) is 123 cm³/mol. The van der Waals surface area contributed by atoms with Crippen LogP contribution in [-0.2, 0) is 16.0 Å². The summed E-state index contributed by atoms with van der Waals surface area (Å²) in [5.41, 5.74) is 2.43. The first kappa shape index (κ1) is 22.7. The van der Waals surface area contributed by atoms with Gasteiger partial charge in [-0.1, -0.05) is 37.3 Å². The van der Waals surface area contributed by atoms with Gasteiger partial charge in [0.15, 0.2) is 5.78 Å². The average Bonchev–Trinajstić information content (AvgIpc) is 3.16. The van der Waals surface area contributed by atoms with Crippen LogP contribution in [-0.4, -0.2) is 34.3 Å². The van der Waals surface area contributed by atoms with Crippen LogP contribution in [0.3, 0.4) is 0 Å². The molecule has 3 aromatic rings. The van der Waals surface area contributed by atoms with E-state index in [4.69, 9.17) is 5.11 Å². The highest BCUT2D eigenvalue weighted by Crippen LogP contribution is 2.31. The number of thiophene rings is 1. The molecular formula is C23H20FNO4S2. The monoisotopic (exact) mass is 457 g/mol. The van der Waals surface area contributed by atoms with Crippen molar-refractivity contribution in [3.05, 3.63) is 76.4 Å². The lowest BCUT2D eigenvalue weighted by atomic mass is 9.99. The molecule has 160 valence electrons. The van der Waals surface area contributed by atoms with Crippen LogP contribution in [0.15, 0.2) is 54.6 Å². The zero-order chi connectivity index (χ0) is 22.4. The number of hydrogen-bond acceptors (Lipinski definition) is 5. The van der Waals surface area contributed by atoms with Gasteiger partial charge in [-0.2, -0.15) is 0 Å². The van der Waals surface area contributed by atoms with E-state index in [9.17, 15) is 18.8 Å². The molecule has 2 N–H and O–H groups in total. The van der Waals surface area contributed by atoms with Gasteiger partial charge in [0.1, 0.15) is 10.8 Å². The van der Waals surface area contributed by atoms with Crippen molar-refractivity contribution in [3.63, 3.8) is 0 Å². The molecule has 1 aromatic heterocycles. The first-order valence-electron chi connectivity index (χ1n) is 9.50. The van der Waals surface area contributed by atoms with Gasteiger partial charge in [0.05, 0.1) is 17.1 Å². The lowest BCUT2D eigenvalue weighted by Gasteiger charge is -2.07. The Labute approximate surface area is 187 Å². The molecule has 5 nitrogen and oxygen atoms in total. The maximum absolute atomic E-state index is 13.2. The van der Waals surface area contributed by atoms with Crippen LogP contribution in [0.4, 0.5) is 9.39 Å². The van der Waals surface area contributed by atoms with Crippen molar-refractivity contribution < 1.29 is 23.9 Å². The maximum Gasteiger partial charge on any atom is 0.313 e. The molecule has 0 aliphatic rings. The van der Waals surface area contributed by atoms with Crippen LogP contribution >= 0.6 is 23.1 Å². The Morgan fingerprint density at radius 2 is 1.77 bits per heavy atom. The molecule has 0 radical (unpaired) electrons. The van der Waals surface area contributed by atoms with E-state index in [1.165, 1.54) is 23.5 Å². The highest BCUT2D eigenvalue weighted by atomic mass is 32.2. The minimum atomic E-state index is -0.987. The zero-order valence-electron chi connectivity index (χ0n) is 16.7. The number of rotatable bonds is 9. The number of thioether (sulfide) groups is 1. The minimum Gasteiger partial charge on any atom is -0.481 e. The fourth-order valence-corrected chi connectivity index (χ4v) is 4.45. The number of carboxylic acid groups (broad SMARTS) is 1.